The zero-order chi connectivity index (χ0) is 13.6. The fourth-order valence-electron chi connectivity index (χ4n) is 3.55. The minimum absolute atomic E-state index is 0.327. The van der Waals surface area contributed by atoms with Crippen LogP contribution in [0.15, 0.2) is 23.3 Å². The summed E-state index contributed by atoms with van der Waals surface area (Å²) in [4.78, 5) is 0. The Hall–Kier alpha value is -0.560. The van der Waals surface area contributed by atoms with Crippen molar-refractivity contribution in [3.63, 3.8) is 0 Å². The molecule has 0 aromatic rings. The third kappa shape index (κ3) is 2.42. The minimum atomic E-state index is -0.526. The number of aliphatic hydroxyl groups is 1. The molecule has 0 bridgehead atoms. The lowest BCUT2D eigenvalue weighted by Crippen LogP contribution is -2.33. The zero-order valence-electron chi connectivity index (χ0n) is 12.6. The van der Waals surface area contributed by atoms with Crippen molar-refractivity contribution in [2.45, 2.75) is 65.9 Å². The second-order valence-corrected chi connectivity index (χ2v) is 7.30. The molecule has 0 radical (unpaired) electrons. The maximum Gasteiger partial charge on any atom is 0.0622 e. The van der Waals surface area contributed by atoms with E-state index in [9.17, 15) is 5.11 Å². The van der Waals surface area contributed by atoms with E-state index in [1.165, 1.54) is 18.4 Å². The highest BCUT2D eigenvalue weighted by Crippen LogP contribution is 2.49. The van der Waals surface area contributed by atoms with Gasteiger partial charge in [0.25, 0.3) is 0 Å². The molecule has 102 valence electrons. The molecule has 2 rings (SSSR count). The van der Waals surface area contributed by atoms with Gasteiger partial charge >= 0.3 is 0 Å². The molecular formula is C17H28O. The van der Waals surface area contributed by atoms with E-state index >= 15 is 0 Å². The number of hydrogen-bond donors (Lipinski definition) is 1. The molecule has 0 amide bonds. The van der Waals surface area contributed by atoms with E-state index < -0.39 is 5.60 Å². The fourth-order valence-corrected chi connectivity index (χ4v) is 3.55. The van der Waals surface area contributed by atoms with Crippen molar-refractivity contribution in [2.75, 3.05) is 0 Å². The van der Waals surface area contributed by atoms with Gasteiger partial charge < -0.3 is 5.11 Å². The van der Waals surface area contributed by atoms with Crippen LogP contribution in [0.4, 0.5) is 0 Å². The van der Waals surface area contributed by atoms with Crippen LogP contribution in [-0.4, -0.2) is 10.7 Å². The van der Waals surface area contributed by atoms with Crippen molar-refractivity contribution >= 4 is 0 Å². The van der Waals surface area contributed by atoms with E-state index in [4.69, 9.17) is 0 Å². The Morgan fingerprint density at radius 2 is 1.89 bits per heavy atom. The molecule has 0 aromatic carbocycles. The van der Waals surface area contributed by atoms with E-state index in [2.05, 4.69) is 32.9 Å². The Kier molecular flexibility index (Phi) is 3.48. The van der Waals surface area contributed by atoms with Crippen molar-refractivity contribution in [1.29, 1.82) is 0 Å². The quantitative estimate of drug-likeness (QED) is 0.715. The summed E-state index contributed by atoms with van der Waals surface area (Å²) >= 11 is 0. The number of hydrogen-bond acceptors (Lipinski definition) is 1. The van der Waals surface area contributed by atoms with Gasteiger partial charge in [-0.3, -0.25) is 0 Å². The summed E-state index contributed by atoms with van der Waals surface area (Å²) in [6.45, 7) is 10.9. The van der Waals surface area contributed by atoms with Crippen molar-refractivity contribution in [3.8, 4) is 0 Å². The topological polar surface area (TPSA) is 20.2 Å². The van der Waals surface area contributed by atoms with Gasteiger partial charge in [-0.1, -0.05) is 37.1 Å². The first kappa shape index (κ1) is 13.9. The third-order valence-electron chi connectivity index (χ3n) is 5.44. The SMILES string of the molecule is CC1=CCC(C2=CCC(C(C)(C)O)CC2)C1(C)C. The minimum Gasteiger partial charge on any atom is -0.390 e. The van der Waals surface area contributed by atoms with E-state index in [0.717, 1.165) is 12.8 Å². The van der Waals surface area contributed by atoms with Crippen LogP contribution in [0.25, 0.3) is 0 Å². The van der Waals surface area contributed by atoms with Gasteiger partial charge in [0.15, 0.2) is 0 Å². The number of rotatable bonds is 2. The molecule has 18 heavy (non-hydrogen) atoms. The molecule has 2 aliphatic rings. The van der Waals surface area contributed by atoms with Crippen LogP contribution in [0.5, 0.6) is 0 Å². The highest BCUT2D eigenvalue weighted by atomic mass is 16.3. The molecule has 2 unspecified atom stereocenters. The predicted octanol–water partition coefficient (Wildman–Crippen LogP) is 4.48. The Bertz CT molecular complexity index is 379. The largest absolute Gasteiger partial charge is 0.390 e. The van der Waals surface area contributed by atoms with E-state index in [-0.39, 0.29) is 0 Å². The highest BCUT2D eigenvalue weighted by Gasteiger charge is 2.38. The molecule has 0 saturated heterocycles. The smallest absolute Gasteiger partial charge is 0.0622 e. The standard InChI is InChI=1S/C17H28O/c1-12-6-11-15(16(12,2)3)13-7-9-14(10-8-13)17(4,5)18/h6-7,14-15,18H,8-11H2,1-5H3. The van der Waals surface area contributed by atoms with Crippen LogP contribution in [0, 0.1) is 17.3 Å². The monoisotopic (exact) mass is 248 g/mol. The predicted molar refractivity (Wildman–Crippen MR) is 77.4 cm³/mol. The summed E-state index contributed by atoms with van der Waals surface area (Å²) in [7, 11) is 0. The summed E-state index contributed by atoms with van der Waals surface area (Å²) < 4.78 is 0. The highest BCUT2D eigenvalue weighted by molar-refractivity contribution is 5.27. The van der Waals surface area contributed by atoms with Crippen molar-refractivity contribution in [1.82, 2.24) is 0 Å². The molecule has 2 aliphatic carbocycles. The van der Waals surface area contributed by atoms with Crippen LogP contribution >= 0.6 is 0 Å². The molecule has 2 atom stereocenters. The van der Waals surface area contributed by atoms with Gasteiger partial charge in [0.2, 0.25) is 0 Å². The average Bonchev–Trinajstić information content (AvgIpc) is 2.53. The van der Waals surface area contributed by atoms with Gasteiger partial charge in [0.1, 0.15) is 0 Å². The molecule has 0 saturated carbocycles. The second kappa shape index (κ2) is 4.52. The molecule has 0 heterocycles. The number of allylic oxidation sites excluding steroid dienone is 4. The molecule has 0 spiro atoms. The lowest BCUT2D eigenvalue weighted by atomic mass is 9.69. The molecule has 1 nitrogen and oxygen atoms in total. The molecule has 1 heteroatoms. The van der Waals surface area contributed by atoms with E-state index in [0.29, 0.717) is 17.3 Å². The molecule has 1 N–H and O–H groups in total. The Morgan fingerprint density at radius 1 is 1.22 bits per heavy atom. The lowest BCUT2D eigenvalue weighted by Gasteiger charge is -2.37. The summed E-state index contributed by atoms with van der Waals surface area (Å²) in [6, 6.07) is 0. The first-order valence-corrected chi connectivity index (χ1v) is 7.31. The average molecular weight is 248 g/mol. The van der Waals surface area contributed by atoms with E-state index in [1.807, 2.05) is 13.8 Å². The Morgan fingerprint density at radius 3 is 2.28 bits per heavy atom. The van der Waals surface area contributed by atoms with Crippen LogP contribution < -0.4 is 0 Å². The maximum absolute atomic E-state index is 10.1. The van der Waals surface area contributed by atoms with Gasteiger partial charge in [0.05, 0.1) is 5.60 Å². The van der Waals surface area contributed by atoms with Crippen molar-refractivity contribution in [3.05, 3.63) is 23.3 Å². The lowest BCUT2D eigenvalue weighted by molar-refractivity contribution is 0.0118. The van der Waals surface area contributed by atoms with Crippen LogP contribution in [0.3, 0.4) is 0 Å². The summed E-state index contributed by atoms with van der Waals surface area (Å²) in [6.07, 6.45) is 9.39. The molecule has 0 aliphatic heterocycles. The Balaban J connectivity index is 2.08. The van der Waals surface area contributed by atoms with Gasteiger partial charge in [0, 0.05) is 0 Å². The normalized spacial score (nSPS) is 32.1. The summed E-state index contributed by atoms with van der Waals surface area (Å²) in [5, 5.41) is 10.1. The van der Waals surface area contributed by atoms with Gasteiger partial charge in [-0.15, -0.1) is 0 Å². The van der Waals surface area contributed by atoms with Crippen LogP contribution in [0.2, 0.25) is 0 Å². The molecule has 0 fully saturated rings. The third-order valence-corrected chi connectivity index (χ3v) is 5.44. The van der Waals surface area contributed by atoms with Gasteiger partial charge in [-0.25, -0.2) is 0 Å². The van der Waals surface area contributed by atoms with Crippen molar-refractivity contribution < 1.29 is 5.11 Å². The van der Waals surface area contributed by atoms with Crippen LogP contribution in [0.1, 0.15) is 60.3 Å². The van der Waals surface area contributed by atoms with Crippen molar-refractivity contribution in [2.24, 2.45) is 17.3 Å². The second-order valence-electron chi connectivity index (χ2n) is 7.30. The molecular weight excluding hydrogens is 220 g/mol. The molecule has 0 aromatic heterocycles. The first-order chi connectivity index (χ1) is 8.23. The summed E-state index contributed by atoms with van der Waals surface area (Å²) in [5.41, 5.74) is 2.97. The van der Waals surface area contributed by atoms with Gasteiger partial charge in [-0.2, -0.15) is 0 Å². The summed E-state index contributed by atoms with van der Waals surface area (Å²) in [5.74, 6) is 1.13. The maximum atomic E-state index is 10.1. The first-order valence-electron chi connectivity index (χ1n) is 7.31. The Labute approximate surface area is 112 Å². The van der Waals surface area contributed by atoms with Crippen LogP contribution in [-0.2, 0) is 0 Å². The van der Waals surface area contributed by atoms with Gasteiger partial charge in [-0.05, 0) is 63.7 Å². The zero-order valence-corrected chi connectivity index (χ0v) is 12.6. The van der Waals surface area contributed by atoms with E-state index in [1.54, 1.807) is 5.57 Å². The fraction of sp³-hybridized carbons (Fsp3) is 0.765.